The molecular formula is C39H37Cl2N3O8. The van der Waals surface area contributed by atoms with E-state index in [1.807, 2.05) is 18.2 Å². The Kier molecular flexibility index (Phi) is 9.07. The van der Waals surface area contributed by atoms with Crippen LogP contribution in [0.25, 0.3) is 0 Å². The zero-order valence-corrected chi connectivity index (χ0v) is 30.2. The number of nitrogens with zero attached hydrogens (tertiary/aromatic N) is 2. The minimum Gasteiger partial charge on any atom is -0.507 e. The smallest absolute Gasteiger partial charge is 0.303 e. The molecule has 3 aromatic rings. The lowest BCUT2D eigenvalue weighted by Gasteiger charge is -2.50. The molecule has 2 aliphatic heterocycles. The van der Waals surface area contributed by atoms with E-state index in [4.69, 9.17) is 27.9 Å². The molecule has 2 saturated heterocycles. The lowest BCUT2D eigenvalue weighted by Crippen LogP contribution is -2.53. The molecule has 270 valence electrons. The standard InChI is InChI=1S/C39H37Cl2N3O8/c1-19-15-21(16-20(2)34(19)47)33-25-11-12-26-32(37(50)43(35(26)48)14-4-5-31(45)46)27(25)18-28-36(49)44(42-30-13-8-23(40)17-29(30)41)38(51)39(28,33)22-6-9-24(52-3)10-7-22/h6-11,13,15-17,26-28,32-33,42,47H,4-5,12,14,18H2,1-3H3,(H,45,46)/t26-,27+,28-,32-,33-,39+/m0/s1. The molecule has 7 rings (SSSR count). The SMILES string of the molecule is COc1ccc([C@@]23C(=O)N(Nc4ccc(Cl)cc4Cl)C(=O)[C@@H]2C[C@@H]2C(=CC[C@@H]4C(=O)N(CCCC(=O)O)C(=O)[C@@H]42)[C@@H]3c2cc(C)c(O)c(C)c2)cc1. The van der Waals surface area contributed by atoms with Gasteiger partial charge in [-0.25, -0.2) is 0 Å². The maximum atomic E-state index is 15.4. The van der Waals surface area contributed by atoms with Crippen LogP contribution in [0.4, 0.5) is 5.69 Å². The minimum atomic E-state index is -1.53. The predicted molar refractivity (Wildman–Crippen MR) is 192 cm³/mol. The van der Waals surface area contributed by atoms with Gasteiger partial charge in [-0.1, -0.05) is 59.1 Å². The number of methoxy groups -OCH3 is 1. The first-order valence-electron chi connectivity index (χ1n) is 17.1. The number of phenolic OH excluding ortho intramolecular Hbond substituents is 1. The summed E-state index contributed by atoms with van der Waals surface area (Å²) in [6, 6.07) is 15.3. The highest BCUT2D eigenvalue weighted by molar-refractivity contribution is 6.36. The van der Waals surface area contributed by atoms with Gasteiger partial charge in [-0.05, 0) is 91.6 Å². The summed E-state index contributed by atoms with van der Waals surface area (Å²) in [6.45, 7) is 3.51. The molecule has 4 amide bonds. The van der Waals surface area contributed by atoms with Crippen LogP contribution in [0, 0.1) is 37.5 Å². The number of nitrogens with one attached hydrogen (secondary N) is 1. The third-order valence-electron chi connectivity index (χ3n) is 11.3. The maximum Gasteiger partial charge on any atom is 0.303 e. The van der Waals surface area contributed by atoms with Gasteiger partial charge in [-0.15, -0.1) is 0 Å². The van der Waals surface area contributed by atoms with Crippen LogP contribution >= 0.6 is 23.2 Å². The van der Waals surface area contributed by atoms with Crippen molar-refractivity contribution >= 4 is 58.5 Å². The Morgan fingerprint density at radius 2 is 1.65 bits per heavy atom. The van der Waals surface area contributed by atoms with E-state index in [0.29, 0.717) is 33.0 Å². The Morgan fingerprint density at radius 3 is 2.29 bits per heavy atom. The molecule has 3 fully saturated rings. The van der Waals surface area contributed by atoms with Crippen molar-refractivity contribution in [2.24, 2.45) is 23.7 Å². The van der Waals surface area contributed by atoms with E-state index in [1.165, 1.54) is 18.1 Å². The number of hydrogen-bond acceptors (Lipinski definition) is 8. The summed E-state index contributed by atoms with van der Waals surface area (Å²) in [4.78, 5) is 70.5. The number of imide groups is 2. The first-order valence-corrected chi connectivity index (χ1v) is 17.9. The maximum absolute atomic E-state index is 15.4. The van der Waals surface area contributed by atoms with E-state index in [0.717, 1.165) is 10.6 Å². The van der Waals surface area contributed by atoms with E-state index in [1.54, 1.807) is 50.2 Å². The van der Waals surface area contributed by atoms with E-state index < -0.39 is 58.7 Å². The average Bonchev–Trinajstić information content (AvgIpc) is 3.48. The lowest BCUT2D eigenvalue weighted by atomic mass is 9.49. The molecule has 6 atom stereocenters. The Balaban J connectivity index is 1.43. The van der Waals surface area contributed by atoms with Crippen molar-refractivity contribution in [1.82, 2.24) is 9.91 Å². The van der Waals surface area contributed by atoms with Crippen molar-refractivity contribution in [3.8, 4) is 11.5 Å². The number of carboxylic acids is 1. The number of hydrazine groups is 1. The van der Waals surface area contributed by atoms with Crippen LogP contribution in [0.3, 0.4) is 0 Å². The van der Waals surface area contributed by atoms with E-state index >= 15 is 4.79 Å². The molecular weight excluding hydrogens is 709 g/mol. The Morgan fingerprint density at radius 1 is 0.962 bits per heavy atom. The number of carboxylic acid groups (broad SMARTS) is 1. The number of ether oxygens (including phenoxy) is 1. The number of hydrogen-bond donors (Lipinski definition) is 3. The largest absolute Gasteiger partial charge is 0.507 e. The molecule has 0 spiro atoms. The van der Waals surface area contributed by atoms with Crippen LogP contribution in [-0.2, 0) is 29.4 Å². The number of rotatable bonds is 9. The average molecular weight is 747 g/mol. The number of halogens is 2. The molecule has 52 heavy (non-hydrogen) atoms. The summed E-state index contributed by atoms with van der Waals surface area (Å²) < 4.78 is 5.45. The van der Waals surface area contributed by atoms with Gasteiger partial charge in [-0.2, -0.15) is 5.01 Å². The fourth-order valence-electron chi connectivity index (χ4n) is 9.05. The quantitative estimate of drug-likeness (QED) is 0.172. The van der Waals surface area contributed by atoms with E-state index in [9.17, 15) is 29.4 Å². The molecule has 2 aliphatic carbocycles. The fourth-order valence-corrected chi connectivity index (χ4v) is 9.50. The predicted octanol–water partition coefficient (Wildman–Crippen LogP) is 6.17. The number of phenols is 1. The molecule has 2 heterocycles. The molecule has 3 aromatic carbocycles. The first-order chi connectivity index (χ1) is 24.8. The van der Waals surface area contributed by atoms with Crippen molar-refractivity contribution in [3.63, 3.8) is 0 Å². The highest BCUT2D eigenvalue weighted by Crippen LogP contribution is 2.64. The van der Waals surface area contributed by atoms with Gasteiger partial charge >= 0.3 is 5.97 Å². The van der Waals surface area contributed by atoms with Crippen LogP contribution in [0.5, 0.6) is 11.5 Å². The second kappa shape index (κ2) is 13.3. The number of aryl methyl sites for hydroxylation is 2. The number of benzene rings is 3. The van der Waals surface area contributed by atoms with Gasteiger partial charge in [0.15, 0.2) is 0 Å². The topological polar surface area (TPSA) is 154 Å². The molecule has 0 unspecified atom stereocenters. The molecule has 0 aromatic heterocycles. The number of anilines is 1. The normalized spacial score (nSPS) is 26.6. The van der Waals surface area contributed by atoms with Gasteiger partial charge in [0.1, 0.15) is 11.5 Å². The van der Waals surface area contributed by atoms with E-state index in [-0.39, 0.29) is 54.6 Å². The van der Waals surface area contributed by atoms with Crippen molar-refractivity contribution < 1.29 is 38.9 Å². The van der Waals surface area contributed by atoms with Crippen LogP contribution in [0.2, 0.25) is 10.0 Å². The highest BCUT2D eigenvalue weighted by atomic mass is 35.5. The zero-order valence-electron chi connectivity index (χ0n) is 28.7. The number of allylic oxidation sites excluding steroid dienone is 2. The second-order valence-corrected chi connectivity index (χ2v) is 14.9. The van der Waals surface area contributed by atoms with Crippen molar-refractivity contribution in [1.29, 1.82) is 0 Å². The third-order valence-corrected chi connectivity index (χ3v) is 11.8. The van der Waals surface area contributed by atoms with Crippen LogP contribution < -0.4 is 10.2 Å². The second-order valence-electron chi connectivity index (χ2n) is 14.0. The minimum absolute atomic E-state index is 0.0189. The molecule has 3 N–H and O–H groups in total. The van der Waals surface area contributed by atoms with Crippen LogP contribution in [0.1, 0.15) is 53.9 Å². The third kappa shape index (κ3) is 5.44. The summed E-state index contributed by atoms with van der Waals surface area (Å²) >= 11 is 12.7. The van der Waals surface area contributed by atoms with Crippen LogP contribution in [-0.4, -0.2) is 63.4 Å². The molecule has 1 saturated carbocycles. The van der Waals surface area contributed by atoms with Crippen molar-refractivity contribution in [2.75, 3.05) is 19.1 Å². The summed E-state index contributed by atoms with van der Waals surface area (Å²) in [5, 5.41) is 21.6. The molecule has 0 bridgehead atoms. The summed E-state index contributed by atoms with van der Waals surface area (Å²) in [6.07, 6.45) is 2.20. The zero-order chi connectivity index (χ0) is 37.2. The summed E-state index contributed by atoms with van der Waals surface area (Å²) in [7, 11) is 1.53. The van der Waals surface area contributed by atoms with Crippen molar-refractivity contribution in [3.05, 3.63) is 98.5 Å². The first kappa shape index (κ1) is 35.5. The van der Waals surface area contributed by atoms with Gasteiger partial charge in [0, 0.05) is 23.9 Å². The van der Waals surface area contributed by atoms with Gasteiger partial charge in [-0.3, -0.25) is 34.3 Å². The van der Waals surface area contributed by atoms with Gasteiger partial charge in [0.2, 0.25) is 11.8 Å². The fraction of sp³-hybridized carbons (Fsp3) is 0.359. The number of carbonyl (C=O) groups is 5. The monoisotopic (exact) mass is 745 g/mol. The van der Waals surface area contributed by atoms with E-state index in [2.05, 4.69) is 5.43 Å². The van der Waals surface area contributed by atoms with Gasteiger partial charge in [0.05, 0.1) is 41.0 Å². The summed E-state index contributed by atoms with van der Waals surface area (Å²) in [5.41, 5.74) is 4.87. The Bertz CT molecular complexity index is 2040. The number of carbonyl (C=O) groups excluding carboxylic acids is 4. The molecule has 4 aliphatic rings. The molecule has 0 radical (unpaired) electrons. The number of aromatic hydroxyl groups is 1. The Hall–Kier alpha value is -4.87. The molecule has 11 nitrogen and oxygen atoms in total. The number of aliphatic carboxylic acids is 1. The number of likely N-dealkylation sites (tertiary alicyclic amines) is 1. The molecule has 13 heteroatoms. The Labute approximate surface area is 310 Å². The van der Waals surface area contributed by atoms with Gasteiger partial charge in [0.25, 0.3) is 11.8 Å². The number of fused-ring (bicyclic) bond motifs is 4. The van der Waals surface area contributed by atoms with Gasteiger partial charge < -0.3 is 14.9 Å². The highest BCUT2D eigenvalue weighted by Gasteiger charge is 2.70. The van der Waals surface area contributed by atoms with Crippen LogP contribution in [0.15, 0.2) is 66.2 Å². The number of amides is 4. The lowest BCUT2D eigenvalue weighted by molar-refractivity contribution is -0.142. The summed E-state index contributed by atoms with van der Waals surface area (Å²) in [5.74, 6) is -6.05. The van der Waals surface area contributed by atoms with Crippen molar-refractivity contribution in [2.45, 2.75) is 50.9 Å².